The van der Waals surface area contributed by atoms with Gasteiger partial charge in [-0.2, -0.15) is 5.26 Å². The molecule has 1 aromatic carbocycles. The molecule has 0 atom stereocenters. The number of nitriles is 1. The molecule has 7 heteroatoms. The van der Waals surface area contributed by atoms with Gasteiger partial charge in [0.2, 0.25) is 0 Å². The van der Waals surface area contributed by atoms with Gasteiger partial charge in [-0.15, -0.1) is 0 Å². The van der Waals surface area contributed by atoms with E-state index in [1.807, 2.05) is 6.07 Å². The van der Waals surface area contributed by atoms with E-state index >= 15 is 0 Å². The van der Waals surface area contributed by atoms with E-state index < -0.39 is 10.8 Å². The number of hydrogen-bond acceptors (Lipinski definition) is 5. The van der Waals surface area contributed by atoms with Crippen LogP contribution in [0.3, 0.4) is 0 Å². The van der Waals surface area contributed by atoms with Gasteiger partial charge >= 0.3 is 0 Å². The zero-order valence-corrected chi connectivity index (χ0v) is 12.0. The van der Waals surface area contributed by atoms with Crippen molar-refractivity contribution in [1.82, 2.24) is 4.90 Å². The topological polar surface area (TPSA) is 96.5 Å². The molecule has 1 rings (SSSR count). The molecule has 0 aromatic heterocycles. The Morgan fingerprint density at radius 2 is 2.19 bits per heavy atom. The first-order valence-electron chi connectivity index (χ1n) is 6.42. The highest BCUT2D eigenvalue weighted by Crippen LogP contribution is 2.24. The second-order valence-electron chi connectivity index (χ2n) is 4.42. The summed E-state index contributed by atoms with van der Waals surface area (Å²) in [7, 11) is 1.50. The first-order chi connectivity index (χ1) is 10.0. The fourth-order valence-corrected chi connectivity index (χ4v) is 1.95. The second-order valence-corrected chi connectivity index (χ2v) is 4.42. The fraction of sp³-hybridized carbons (Fsp3) is 0.429. The van der Waals surface area contributed by atoms with Gasteiger partial charge in [-0.3, -0.25) is 14.9 Å². The van der Waals surface area contributed by atoms with Crippen LogP contribution in [0.2, 0.25) is 0 Å². The molecule has 0 spiro atoms. The number of ether oxygens (including phenoxy) is 1. The Labute approximate surface area is 122 Å². The average Bonchev–Trinajstić information content (AvgIpc) is 2.46. The van der Waals surface area contributed by atoms with Crippen LogP contribution in [0.25, 0.3) is 0 Å². The third-order valence-corrected chi connectivity index (χ3v) is 3.00. The van der Waals surface area contributed by atoms with Gasteiger partial charge in [0.25, 0.3) is 11.6 Å². The summed E-state index contributed by atoms with van der Waals surface area (Å²) < 4.78 is 4.93. The Morgan fingerprint density at radius 1 is 1.48 bits per heavy atom. The highest BCUT2D eigenvalue weighted by atomic mass is 16.6. The Hall–Kier alpha value is -2.46. The highest BCUT2D eigenvalue weighted by molar-refractivity contribution is 5.98. The number of carbonyl (C=O) groups excluding carboxylic acids is 1. The molecule has 0 N–H and O–H groups in total. The lowest BCUT2D eigenvalue weighted by atomic mass is 10.1. The first kappa shape index (κ1) is 16.6. The standard InChI is InChI=1S/C14H17N3O4/c1-11-5-3-6-12(13(11)17(19)20)14(18)16(8-4-7-15)9-10-21-2/h3,5-6H,4,8-10H2,1-2H3. The van der Waals surface area contributed by atoms with Crippen molar-refractivity contribution in [3.63, 3.8) is 0 Å². The smallest absolute Gasteiger partial charge is 0.285 e. The minimum absolute atomic E-state index is 0.0362. The third-order valence-electron chi connectivity index (χ3n) is 3.00. The van der Waals surface area contributed by atoms with Crippen LogP contribution in [-0.4, -0.2) is 42.5 Å². The van der Waals surface area contributed by atoms with E-state index in [4.69, 9.17) is 10.00 Å². The van der Waals surface area contributed by atoms with E-state index in [0.717, 1.165) is 0 Å². The van der Waals surface area contributed by atoms with E-state index in [0.29, 0.717) is 12.2 Å². The molecule has 0 heterocycles. The normalized spacial score (nSPS) is 9.95. The number of rotatable bonds is 7. The molecule has 0 saturated carbocycles. The van der Waals surface area contributed by atoms with Crippen molar-refractivity contribution >= 4 is 11.6 Å². The molecular formula is C14H17N3O4. The summed E-state index contributed by atoms with van der Waals surface area (Å²) >= 11 is 0. The van der Waals surface area contributed by atoms with Crippen LogP contribution < -0.4 is 0 Å². The van der Waals surface area contributed by atoms with Crippen molar-refractivity contribution in [2.24, 2.45) is 0 Å². The molecule has 112 valence electrons. The van der Waals surface area contributed by atoms with Gasteiger partial charge in [-0.25, -0.2) is 0 Å². The van der Waals surface area contributed by atoms with Crippen LogP contribution in [0.1, 0.15) is 22.3 Å². The molecule has 7 nitrogen and oxygen atoms in total. The number of benzene rings is 1. The van der Waals surface area contributed by atoms with Gasteiger partial charge < -0.3 is 9.64 Å². The summed E-state index contributed by atoms with van der Waals surface area (Å²) in [6.45, 7) is 2.38. The lowest BCUT2D eigenvalue weighted by Gasteiger charge is -2.21. The molecule has 1 amide bonds. The Bertz CT molecular complexity index is 566. The number of aryl methyl sites for hydroxylation is 1. The summed E-state index contributed by atoms with van der Waals surface area (Å²) in [4.78, 5) is 24.5. The molecule has 1 aromatic rings. The van der Waals surface area contributed by atoms with E-state index in [-0.39, 0.29) is 30.8 Å². The lowest BCUT2D eigenvalue weighted by molar-refractivity contribution is -0.385. The molecule has 0 radical (unpaired) electrons. The van der Waals surface area contributed by atoms with Crippen molar-refractivity contribution in [2.75, 3.05) is 26.8 Å². The van der Waals surface area contributed by atoms with Gasteiger partial charge in [-0.05, 0) is 13.0 Å². The zero-order valence-electron chi connectivity index (χ0n) is 12.0. The van der Waals surface area contributed by atoms with Crippen LogP contribution in [0.4, 0.5) is 5.69 Å². The minimum Gasteiger partial charge on any atom is -0.383 e. The van der Waals surface area contributed by atoms with Gasteiger partial charge in [0, 0.05) is 25.8 Å². The van der Waals surface area contributed by atoms with Gasteiger partial charge in [-0.1, -0.05) is 12.1 Å². The summed E-state index contributed by atoms with van der Waals surface area (Å²) in [5.74, 6) is -0.460. The van der Waals surface area contributed by atoms with Crippen molar-refractivity contribution in [3.8, 4) is 6.07 Å². The Morgan fingerprint density at radius 3 is 2.76 bits per heavy atom. The largest absolute Gasteiger partial charge is 0.383 e. The monoisotopic (exact) mass is 291 g/mol. The van der Waals surface area contributed by atoms with E-state index in [2.05, 4.69) is 0 Å². The number of carbonyl (C=O) groups is 1. The molecule has 0 aliphatic carbocycles. The van der Waals surface area contributed by atoms with Crippen molar-refractivity contribution in [3.05, 3.63) is 39.4 Å². The van der Waals surface area contributed by atoms with E-state index in [9.17, 15) is 14.9 Å². The minimum atomic E-state index is -0.554. The molecule has 0 saturated heterocycles. The van der Waals surface area contributed by atoms with Crippen LogP contribution in [0, 0.1) is 28.4 Å². The maximum atomic E-state index is 12.5. The van der Waals surface area contributed by atoms with E-state index in [1.54, 1.807) is 19.1 Å². The van der Waals surface area contributed by atoms with Crippen LogP contribution in [-0.2, 0) is 4.74 Å². The van der Waals surface area contributed by atoms with Crippen molar-refractivity contribution in [1.29, 1.82) is 5.26 Å². The predicted molar refractivity (Wildman–Crippen MR) is 75.8 cm³/mol. The van der Waals surface area contributed by atoms with E-state index in [1.165, 1.54) is 18.1 Å². The van der Waals surface area contributed by atoms with Crippen LogP contribution in [0.5, 0.6) is 0 Å². The Kier molecular flexibility index (Phi) is 6.30. The molecule has 21 heavy (non-hydrogen) atoms. The third kappa shape index (κ3) is 4.26. The molecule has 0 bridgehead atoms. The number of hydrogen-bond donors (Lipinski definition) is 0. The number of nitro benzene ring substituents is 1. The molecular weight excluding hydrogens is 274 g/mol. The SMILES string of the molecule is COCCN(CCC#N)C(=O)c1cccc(C)c1[N+](=O)[O-]. The summed E-state index contributed by atoms with van der Waals surface area (Å²) in [6, 6.07) is 6.58. The molecule has 0 unspecified atom stereocenters. The van der Waals surface area contributed by atoms with Gasteiger partial charge in [0.05, 0.1) is 24.0 Å². The number of nitro groups is 1. The van der Waals surface area contributed by atoms with Crippen molar-refractivity contribution in [2.45, 2.75) is 13.3 Å². The quantitative estimate of drug-likeness (QED) is 0.564. The Balaban J connectivity index is 3.11. The molecule has 0 aliphatic heterocycles. The van der Waals surface area contributed by atoms with Crippen LogP contribution >= 0.6 is 0 Å². The maximum absolute atomic E-state index is 12.5. The number of amides is 1. The first-order valence-corrected chi connectivity index (χ1v) is 6.42. The fourth-order valence-electron chi connectivity index (χ4n) is 1.95. The predicted octanol–water partition coefficient (Wildman–Crippen LogP) is 1.91. The summed E-state index contributed by atoms with van der Waals surface area (Å²) in [5, 5.41) is 19.8. The summed E-state index contributed by atoms with van der Waals surface area (Å²) in [5.41, 5.74) is 0.272. The molecule has 0 fully saturated rings. The lowest BCUT2D eigenvalue weighted by Crippen LogP contribution is -2.35. The second kappa shape index (κ2) is 7.97. The van der Waals surface area contributed by atoms with Gasteiger partial charge in [0.15, 0.2) is 0 Å². The highest BCUT2D eigenvalue weighted by Gasteiger charge is 2.26. The number of nitrogens with zero attached hydrogens (tertiary/aromatic N) is 3. The van der Waals surface area contributed by atoms with Crippen molar-refractivity contribution < 1.29 is 14.5 Å². The zero-order chi connectivity index (χ0) is 15.8. The summed E-state index contributed by atoms with van der Waals surface area (Å²) in [6.07, 6.45) is 0.162. The maximum Gasteiger partial charge on any atom is 0.285 e. The average molecular weight is 291 g/mol. The number of methoxy groups -OCH3 is 1. The number of para-hydroxylation sites is 1. The van der Waals surface area contributed by atoms with Gasteiger partial charge in [0.1, 0.15) is 5.56 Å². The van der Waals surface area contributed by atoms with Crippen LogP contribution in [0.15, 0.2) is 18.2 Å². The molecule has 0 aliphatic rings.